The third kappa shape index (κ3) is 2.89. The van der Waals surface area contributed by atoms with Gasteiger partial charge in [0.1, 0.15) is 23.0 Å². The molecule has 16 heavy (non-hydrogen) atoms. The second-order valence-electron chi connectivity index (χ2n) is 3.73. The van der Waals surface area contributed by atoms with Crippen molar-refractivity contribution in [2.75, 3.05) is 14.2 Å². The topological polar surface area (TPSA) is 56.8 Å². The van der Waals surface area contributed by atoms with Crippen molar-refractivity contribution in [3.8, 4) is 11.5 Å². The Labute approximate surface area is 96.1 Å². The maximum Gasteiger partial charge on any atom is 0.144 e. The van der Waals surface area contributed by atoms with Crippen LogP contribution in [0.5, 0.6) is 11.5 Å². The van der Waals surface area contributed by atoms with Crippen molar-refractivity contribution in [1.29, 1.82) is 0 Å². The van der Waals surface area contributed by atoms with Gasteiger partial charge in [-0.3, -0.25) is 0 Å². The average molecular weight is 222 g/mol. The predicted octanol–water partition coefficient (Wildman–Crippen LogP) is 2.35. The lowest BCUT2D eigenvalue weighted by Crippen LogP contribution is -2.18. The molecule has 4 heteroatoms. The summed E-state index contributed by atoms with van der Waals surface area (Å²) in [6.07, 6.45) is 0. The molecule has 0 aromatic heterocycles. The fourth-order valence-corrected chi connectivity index (χ4v) is 1.15. The predicted molar refractivity (Wildman–Crippen MR) is 65.7 cm³/mol. The molecule has 0 heterocycles. The Hall–Kier alpha value is -1.71. The van der Waals surface area contributed by atoms with Gasteiger partial charge in [-0.1, -0.05) is 13.8 Å². The lowest BCUT2D eigenvalue weighted by atomic mass is 10.2. The Kier molecular flexibility index (Phi) is 4.17. The molecule has 0 amide bonds. The van der Waals surface area contributed by atoms with Gasteiger partial charge in [-0.2, -0.15) is 0 Å². The first-order chi connectivity index (χ1) is 7.58. The summed E-state index contributed by atoms with van der Waals surface area (Å²) in [6, 6.07) is 5.43. The second-order valence-corrected chi connectivity index (χ2v) is 3.73. The highest BCUT2D eigenvalue weighted by Gasteiger charge is 2.06. The normalized spacial score (nSPS) is 11.7. The first kappa shape index (κ1) is 12.4. The van der Waals surface area contributed by atoms with Crippen molar-refractivity contribution < 1.29 is 9.47 Å². The Morgan fingerprint density at radius 2 is 1.94 bits per heavy atom. The molecule has 0 aliphatic rings. The van der Waals surface area contributed by atoms with Gasteiger partial charge in [-0.25, -0.2) is 4.99 Å². The van der Waals surface area contributed by atoms with E-state index in [0.29, 0.717) is 17.3 Å². The van der Waals surface area contributed by atoms with E-state index in [2.05, 4.69) is 4.99 Å². The number of rotatable bonds is 4. The number of benzene rings is 1. The fourth-order valence-electron chi connectivity index (χ4n) is 1.15. The van der Waals surface area contributed by atoms with Crippen LogP contribution in [0.25, 0.3) is 0 Å². The van der Waals surface area contributed by atoms with Crippen LogP contribution in [0.15, 0.2) is 23.2 Å². The van der Waals surface area contributed by atoms with E-state index in [0.717, 1.165) is 5.75 Å². The molecule has 0 fully saturated rings. The minimum absolute atomic E-state index is 0.205. The first-order valence-corrected chi connectivity index (χ1v) is 5.14. The molecule has 1 rings (SSSR count). The molecular weight excluding hydrogens is 204 g/mol. The number of methoxy groups -OCH3 is 2. The highest BCUT2D eigenvalue weighted by atomic mass is 16.5. The Morgan fingerprint density at radius 3 is 2.44 bits per heavy atom. The van der Waals surface area contributed by atoms with Crippen LogP contribution in [-0.2, 0) is 0 Å². The molecule has 0 spiro atoms. The monoisotopic (exact) mass is 222 g/mol. The molecular formula is C12H18N2O2. The quantitative estimate of drug-likeness (QED) is 0.628. The van der Waals surface area contributed by atoms with E-state index in [1.807, 2.05) is 26.0 Å². The molecule has 0 bridgehead atoms. The van der Waals surface area contributed by atoms with Gasteiger partial charge in [0, 0.05) is 12.0 Å². The van der Waals surface area contributed by atoms with Gasteiger partial charge < -0.3 is 15.2 Å². The smallest absolute Gasteiger partial charge is 0.144 e. The van der Waals surface area contributed by atoms with Crippen LogP contribution in [-0.4, -0.2) is 20.1 Å². The van der Waals surface area contributed by atoms with Crippen LogP contribution in [0.1, 0.15) is 13.8 Å². The summed E-state index contributed by atoms with van der Waals surface area (Å²) in [5.41, 5.74) is 6.51. The average Bonchev–Trinajstić information content (AvgIpc) is 2.28. The van der Waals surface area contributed by atoms with Crippen LogP contribution in [0.4, 0.5) is 5.69 Å². The van der Waals surface area contributed by atoms with Gasteiger partial charge in [-0.05, 0) is 12.1 Å². The third-order valence-electron chi connectivity index (χ3n) is 2.23. The van der Waals surface area contributed by atoms with Crippen molar-refractivity contribution in [3.05, 3.63) is 18.2 Å². The second kappa shape index (κ2) is 5.39. The Bertz CT molecular complexity index is 387. The number of amidine groups is 1. The van der Waals surface area contributed by atoms with Gasteiger partial charge in [0.05, 0.1) is 14.2 Å². The van der Waals surface area contributed by atoms with E-state index >= 15 is 0 Å². The standard InChI is InChI=1S/C12H18N2O2/c1-8(2)12(13)14-10-7-9(15-3)5-6-11(10)16-4/h5-8H,1-4H3,(H2,13,14). The highest BCUT2D eigenvalue weighted by molar-refractivity contribution is 5.85. The summed E-state index contributed by atoms with van der Waals surface area (Å²) < 4.78 is 10.3. The van der Waals surface area contributed by atoms with E-state index in [4.69, 9.17) is 15.2 Å². The van der Waals surface area contributed by atoms with Crippen LogP contribution in [0.2, 0.25) is 0 Å². The number of aliphatic imine (C=N–C) groups is 1. The van der Waals surface area contributed by atoms with Crippen molar-refractivity contribution >= 4 is 11.5 Å². The van der Waals surface area contributed by atoms with Crippen LogP contribution in [0, 0.1) is 5.92 Å². The van der Waals surface area contributed by atoms with Crippen molar-refractivity contribution in [2.24, 2.45) is 16.6 Å². The molecule has 1 aromatic carbocycles. The van der Waals surface area contributed by atoms with E-state index in [-0.39, 0.29) is 5.92 Å². The third-order valence-corrected chi connectivity index (χ3v) is 2.23. The zero-order chi connectivity index (χ0) is 12.1. The summed E-state index contributed by atoms with van der Waals surface area (Å²) in [7, 11) is 3.22. The number of ether oxygens (including phenoxy) is 2. The minimum Gasteiger partial charge on any atom is -0.497 e. The van der Waals surface area contributed by atoms with Gasteiger partial charge in [-0.15, -0.1) is 0 Å². The maximum atomic E-state index is 5.82. The van der Waals surface area contributed by atoms with Gasteiger partial charge in [0.2, 0.25) is 0 Å². The number of hydrogen-bond acceptors (Lipinski definition) is 3. The summed E-state index contributed by atoms with van der Waals surface area (Å²) >= 11 is 0. The number of nitrogens with zero attached hydrogens (tertiary/aromatic N) is 1. The largest absolute Gasteiger partial charge is 0.497 e. The van der Waals surface area contributed by atoms with E-state index in [9.17, 15) is 0 Å². The number of hydrogen-bond donors (Lipinski definition) is 1. The molecule has 0 saturated carbocycles. The fraction of sp³-hybridized carbons (Fsp3) is 0.417. The summed E-state index contributed by atoms with van der Waals surface area (Å²) in [4.78, 5) is 4.33. The van der Waals surface area contributed by atoms with E-state index < -0.39 is 0 Å². The molecule has 2 N–H and O–H groups in total. The lowest BCUT2D eigenvalue weighted by molar-refractivity contribution is 0.404. The molecule has 88 valence electrons. The molecule has 0 unspecified atom stereocenters. The molecule has 1 aromatic rings. The number of nitrogens with two attached hydrogens (primary N) is 1. The molecule has 0 atom stereocenters. The van der Waals surface area contributed by atoms with E-state index in [1.54, 1.807) is 20.3 Å². The zero-order valence-corrected chi connectivity index (χ0v) is 10.2. The Morgan fingerprint density at radius 1 is 1.25 bits per heavy atom. The van der Waals surface area contributed by atoms with Gasteiger partial charge >= 0.3 is 0 Å². The van der Waals surface area contributed by atoms with Gasteiger partial charge in [0.25, 0.3) is 0 Å². The van der Waals surface area contributed by atoms with Gasteiger partial charge in [0.15, 0.2) is 0 Å². The Balaban J connectivity index is 3.14. The molecule has 0 aliphatic carbocycles. The SMILES string of the molecule is COc1ccc(OC)c(N=C(N)C(C)C)c1. The van der Waals surface area contributed by atoms with E-state index in [1.165, 1.54) is 0 Å². The molecule has 4 nitrogen and oxygen atoms in total. The van der Waals surface area contributed by atoms with Crippen LogP contribution >= 0.6 is 0 Å². The van der Waals surface area contributed by atoms with Crippen LogP contribution in [0.3, 0.4) is 0 Å². The van der Waals surface area contributed by atoms with Crippen LogP contribution < -0.4 is 15.2 Å². The minimum atomic E-state index is 0.205. The van der Waals surface area contributed by atoms with Crippen molar-refractivity contribution in [1.82, 2.24) is 0 Å². The summed E-state index contributed by atoms with van der Waals surface area (Å²) in [5, 5.41) is 0. The highest BCUT2D eigenvalue weighted by Crippen LogP contribution is 2.31. The molecule has 0 radical (unpaired) electrons. The zero-order valence-electron chi connectivity index (χ0n) is 10.2. The van der Waals surface area contributed by atoms with Crippen molar-refractivity contribution in [3.63, 3.8) is 0 Å². The lowest BCUT2D eigenvalue weighted by Gasteiger charge is -2.09. The molecule has 0 saturated heterocycles. The summed E-state index contributed by atoms with van der Waals surface area (Å²) in [5.74, 6) is 2.20. The maximum absolute atomic E-state index is 5.82. The molecule has 0 aliphatic heterocycles. The first-order valence-electron chi connectivity index (χ1n) is 5.14. The summed E-state index contributed by atoms with van der Waals surface area (Å²) in [6.45, 7) is 3.98. The van der Waals surface area contributed by atoms with Crippen molar-refractivity contribution in [2.45, 2.75) is 13.8 Å².